The standard InChI is InChI=1S/C35H40N2O2S/c1-26-11-10-12-28(23-26)25-37-31-15-6-7-17-33(31)40-34(35(37)39)24-27-18-20-29(21-19-27)32(38)16-8-9-22-36(2)30-13-4-3-5-14-30/h6-7,10-12,15,17-21,23-24,30H,3-5,8-9,13-14,16,22,25H2,1-2H3/b34-24+. The first-order valence-corrected chi connectivity index (χ1v) is 15.5. The van der Waals surface area contributed by atoms with Gasteiger partial charge in [-0.3, -0.25) is 9.59 Å². The largest absolute Gasteiger partial charge is 0.303 e. The van der Waals surface area contributed by atoms with Crippen molar-refractivity contribution in [2.24, 2.45) is 0 Å². The molecule has 0 atom stereocenters. The fraction of sp³-hybridized carbons (Fsp3) is 0.371. The first kappa shape index (κ1) is 28.4. The zero-order chi connectivity index (χ0) is 27.9. The molecule has 0 aromatic heterocycles. The van der Waals surface area contributed by atoms with E-state index in [1.54, 1.807) is 0 Å². The summed E-state index contributed by atoms with van der Waals surface area (Å²) in [6.07, 6.45) is 11.2. The van der Waals surface area contributed by atoms with E-state index < -0.39 is 0 Å². The number of hydrogen-bond donors (Lipinski definition) is 0. The number of nitrogens with zero attached hydrogens (tertiary/aromatic N) is 2. The Hall–Kier alpha value is -3.15. The van der Waals surface area contributed by atoms with Crippen LogP contribution in [0.25, 0.3) is 6.08 Å². The number of hydrogen-bond acceptors (Lipinski definition) is 4. The maximum absolute atomic E-state index is 13.6. The molecular weight excluding hydrogens is 512 g/mol. The fourth-order valence-corrected chi connectivity index (χ4v) is 6.88. The summed E-state index contributed by atoms with van der Waals surface area (Å²) in [5.74, 6) is 0.199. The van der Waals surface area contributed by atoms with E-state index in [0.717, 1.165) is 52.7 Å². The predicted molar refractivity (Wildman–Crippen MR) is 167 cm³/mol. The second-order valence-corrected chi connectivity index (χ2v) is 12.3. The highest BCUT2D eigenvalue weighted by atomic mass is 32.2. The summed E-state index contributed by atoms with van der Waals surface area (Å²) in [6, 6.07) is 24.8. The lowest BCUT2D eigenvalue weighted by Crippen LogP contribution is -2.34. The molecule has 4 nitrogen and oxygen atoms in total. The molecule has 0 saturated heterocycles. The van der Waals surface area contributed by atoms with Crippen LogP contribution in [-0.2, 0) is 11.3 Å². The Balaban J connectivity index is 1.21. The molecule has 3 aromatic carbocycles. The van der Waals surface area contributed by atoms with Gasteiger partial charge in [0.15, 0.2) is 5.78 Å². The maximum Gasteiger partial charge on any atom is 0.265 e. The third-order valence-electron chi connectivity index (χ3n) is 8.15. The Morgan fingerprint density at radius 1 is 0.975 bits per heavy atom. The second-order valence-electron chi connectivity index (χ2n) is 11.2. The molecule has 40 heavy (non-hydrogen) atoms. The van der Waals surface area contributed by atoms with Crippen molar-refractivity contribution in [3.63, 3.8) is 0 Å². The van der Waals surface area contributed by atoms with Crippen molar-refractivity contribution in [1.82, 2.24) is 4.90 Å². The maximum atomic E-state index is 13.6. The summed E-state index contributed by atoms with van der Waals surface area (Å²) in [5.41, 5.74) is 4.91. The monoisotopic (exact) mass is 552 g/mol. The molecular formula is C35H40N2O2S. The zero-order valence-corrected chi connectivity index (χ0v) is 24.6. The number of fused-ring (bicyclic) bond motifs is 1. The number of amides is 1. The van der Waals surface area contributed by atoms with Crippen LogP contribution in [0.4, 0.5) is 5.69 Å². The van der Waals surface area contributed by atoms with Crippen molar-refractivity contribution >= 4 is 35.2 Å². The average Bonchev–Trinajstić information content (AvgIpc) is 2.98. The molecule has 3 aromatic rings. The lowest BCUT2D eigenvalue weighted by atomic mass is 9.94. The van der Waals surface area contributed by atoms with Gasteiger partial charge in [-0.1, -0.05) is 97.3 Å². The minimum absolute atomic E-state index is 0.00329. The molecule has 1 amide bonds. The number of anilines is 1. The van der Waals surface area contributed by atoms with Crippen molar-refractivity contribution in [3.8, 4) is 0 Å². The number of carbonyl (C=O) groups is 2. The van der Waals surface area contributed by atoms with Crippen LogP contribution in [0.3, 0.4) is 0 Å². The highest BCUT2D eigenvalue weighted by molar-refractivity contribution is 8.04. The van der Waals surface area contributed by atoms with Crippen molar-refractivity contribution in [2.75, 3.05) is 18.5 Å². The van der Waals surface area contributed by atoms with Gasteiger partial charge in [-0.25, -0.2) is 0 Å². The molecule has 208 valence electrons. The molecule has 5 heteroatoms. The molecule has 1 aliphatic carbocycles. The van der Waals surface area contributed by atoms with Crippen LogP contribution in [0, 0.1) is 6.92 Å². The van der Waals surface area contributed by atoms with Gasteiger partial charge in [-0.05, 0) is 75.5 Å². The first-order chi connectivity index (χ1) is 19.5. The summed E-state index contributed by atoms with van der Waals surface area (Å²) in [5, 5.41) is 0. The lowest BCUT2D eigenvalue weighted by molar-refractivity contribution is -0.114. The summed E-state index contributed by atoms with van der Waals surface area (Å²) in [6.45, 7) is 3.67. The van der Waals surface area contributed by atoms with Gasteiger partial charge < -0.3 is 9.80 Å². The van der Waals surface area contributed by atoms with Gasteiger partial charge >= 0.3 is 0 Å². The molecule has 0 unspecified atom stereocenters. The van der Waals surface area contributed by atoms with Gasteiger partial charge in [0.2, 0.25) is 0 Å². The molecule has 1 heterocycles. The number of aryl methyl sites for hydroxylation is 1. The summed E-state index contributed by atoms with van der Waals surface area (Å²) < 4.78 is 0. The van der Waals surface area contributed by atoms with Crippen LogP contribution >= 0.6 is 11.8 Å². The molecule has 0 spiro atoms. The zero-order valence-electron chi connectivity index (χ0n) is 23.8. The summed E-state index contributed by atoms with van der Waals surface area (Å²) >= 11 is 1.51. The van der Waals surface area contributed by atoms with E-state index in [-0.39, 0.29) is 11.7 Å². The van der Waals surface area contributed by atoms with Crippen molar-refractivity contribution in [2.45, 2.75) is 75.8 Å². The average molecular weight is 553 g/mol. The first-order valence-electron chi connectivity index (χ1n) is 14.7. The van der Waals surface area contributed by atoms with E-state index in [0.29, 0.717) is 17.9 Å². The van der Waals surface area contributed by atoms with Crippen LogP contribution in [0.1, 0.15) is 78.4 Å². The number of carbonyl (C=O) groups excluding carboxylic acids is 2. The van der Waals surface area contributed by atoms with Crippen molar-refractivity contribution < 1.29 is 9.59 Å². The van der Waals surface area contributed by atoms with Gasteiger partial charge in [0.25, 0.3) is 5.91 Å². The van der Waals surface area contributed by atoms with E-state index in [4.69, 9.17) is 0 Å². The summed E-state index contributed by atoms with van der Waals surface area (Å²) in [4.78, 5) is 32.6. The van der Waals surface area contributed by atoms with Crippen molar-refractivity contribution in [1.29, 1.82) is 0 Å². The minimum Gasteiger partial charge on any atom is -0.303 e. The van der Waals surface area contributed by atoms with Crippen molar-refractivity contribution in [3.05, 3.63) is 100.0 Å². The Morgan fingerprint density at radius 3 is 2.52 bits per heavy atom. The Labute approximate surface area is 243 Å². The number of benzene rings is 3. The lowest BCUT2D eigenvalue weighted by Gasteiger charge is -2.31. The van der Waals surface area contributed by atoms with Gasteiger partial charge in [0.1, 0.15) is 0 Å². The number of ketones is 1. The number of thioether (sulfide) groups is 1. The molecule has 0 radical (unpaired) electrons. The molecule has 1 aliphatic heterocycles. The number of Topliss-reactive ketones (excluding diaryl/α,β-unsaturated/α-hetero) is 1. The fourth-order valence-electron chi connectivity index (χ4n) is 5.82. The van der Waals surface area contributed by atoms with Gasteiger partial charge in [0.05, 0.1) is 17.1 Å². The van der Waals surface area contributed by atoms with Gasteiger partial charge in [-0.2, -0.15) is 0 Å². The molecule has 0 bridgehead atoms. The molecule has 2 aliphatic rings. The predicted octanol–water partition coefficient (Wildman–Crippen LogP) is 8.29. The topological polar surface area (TPSA) is 40.6 Å². The summed E-state index contributed by atoms with van der Waals surface area (Å²) in [7, 11) is 2.24. The normalized spacial score (nSPS) is 16.9. The highest BCUT2D eigenvalue weighted by Crippen LogP contribution is 2.42. The Bertz CT molecular complexity index is 1360. The van der Waals surface area contributed by atoms with Crippen LogP contribution in [0.2, 0.25) is 0 Å². The molecule has 1 saturated carbocycles. The van der Waals surface area contributed by atoms with E-state index in [1.165, 1.54) is 49.4 Å². The number of para-hydroxylation sites is 1. The highest BCUT2D eigenvalue weighted by Gasteiger charge is 2.29. The van der Waals surface area contributed by atoms with Crippen LogP contribution in [-0.4, -0.2) is 36.2 Å². The van der Waals surface area contributed by atoms with Crippen LogP contribution < -0.4 is 4.90 Å². The second kappa shape index (κ2) is 13.5. The van der Waals surface area contributed by atoms with E-state index in [2.05, 4.69) is 43.1 Å². The molecule has 5 rings (SSSR count). The number of rotatable bonds is 10. The van der Waals surface area contributed by atoms with E-state index in [1.807, 2.05) is 59.5 Å². The third-order valence-corrected chi connectivity index (χ3v) is 9.23. The Morgan fingerprint density at radius 2 is 1.75 bits per heavy atom. The molecule has 0 N–H and O–H groups in total. The van der Waals surface area contributed by atoms with Crippen LogP contribution in [0.5, 0.6) is 0 Å². The van der Waals surface area contributed by atoms with Gasteiger partial charge in [0, 0.05) is 22.9 Å². The quantitative estimate of drug-likeness (QED) is 0.144. The van der Waals surface area contributed by atoms with E-state index in [9.17, 15) is 9.59 Å². The molecule has 1 fully saturated rings. The van der Waals surface area contributed by atoms with E-state index >= 15 is 0 Å². The Kier molecular flexibility index (Phi) is 9.56. The minimum atomic E-state index is 0.00329. The third kappa shape index (κ3) is 7.13. The number of unbranched alkanes of at least 4 members (excludes halogenated alkanes) is 1. The van der Waals surface area contributed by atoms with Gasteiger partial charge in [-0.15, -0.1) is 0 Å². The van der Waals surface area contributed by atoms with Crippen LogP contribution in [0.15, 0.2) is 82.6 Å². The smallest absolute Gasteiger partial charge is 0.265 e. The SMILES string of the molecule is Cc1cccc(CN2C(=O)/C(=C\c3ccc(C(=O)CCCCN(C)C4CCCCC4)cc3)Sc3ccccc32)c1.